The van der Waals surface area contributed by atoms with Crippen LogP contribution < -0.4 is 0 Å². The van der Waals surface area contributed by atoms with Crippen LogP contribution in [0.25, 0.3) is 0 Å². The minimum atomic E-state index is -0.678. The van der Waals surface area contributed by atoms with Crippen molar-refractivity contribution >= 4 is 11.8 Å². The smallest absolute Gasteiger partial charge is 0.303 e. The standard InChI is InChI=1S/C24H38O3/c1-2-3-19-23(25)22-18-15-14-17-21(22)16-12-10-8-6-4-5-7-9-11-13-20-24(26)27/h14-15,17-18H,2-13,16,19-20H2,1H3,(H,26,27). The average molecular weight is 375 g/mol. The summed E-state index contributed by atoms with van der Waals surface area (Å²) in [7, 11) is 0. The molecule has 0 spiro atoms. The first kappa shape index (κ1) is 23.4. The van der Waals surface area contributed by atoms with Crippen molar-refractivity contribution in [1.29, 1.82) is 0 Å². The third-order valence-electron chi connectivity index (χ3n) is 5.16. The Morgan fingerprint density at radius 2 is 1.30 bits per heavy atom. The highest BCUT2D eigenvalue weighted by molar-refractivity contribution is 5.97. The third-order valence-corrected chi connectivity index (χ3v) is 5.16. The molecule has 0 unspecified atom stereocenters. The van der Waals surface area contributed by atoms with E-state index in [0.29, 0.717) is 18.6 Å². The molecule has 1 aromatic rings. The summed E-state index contributed by atoms with van der Waals surface area (Å²) in [6, 6.07) is 8.13. The van der Waals surface area contributed by atoms with Gasteiger partial charge in [0, 0.05) is 18.4 Å². The molecule has 0 bridgehead atoms. The first-order valence-corrected chi connectivity index (χ1v) is 11.0. The predicted molar refractivity (Wildman–Crippen MR) is 112 cm³/mol. The molecule has 0 fully saturated rings. The molecule has 0 heterocycles. The van der Waals surface area contributed by atoms with Gasteiger partial charge in [0.15, 0.2) is 5.78 Å². The zero-order chi connectivity index (χ0) is 19.7. The third kappa shape index (κ3) is 11.6. The fourth-order valence-corrected chi connectivity index (χ4v) is 3.49. The Morgan fingerprint density at radius 3 is 1.89 bits per heavy atom. The Kier molecular flexibility index (Phi) is 13.4. The van der Waals surface area contributed by atoms with Crippen molar-refractivity contribution in [3.05, 3.63) is 35.4 Å². The summed E-state index contributed by atoms with van der Waals surface area (Å²) < 4.78 is 0. The molecule has 1 rings (SSSR count). The summed E-state index contributed by atoms with van der Waals surface area (Å²) >= 11 is 0. The first-order chi connectivity index (χ1) is 13.1. The number of benzene rings is 1. The van der Waals surface area contributed by atoms with E-state index in [4.69, 9.17) is 5.11 Å². The Morgan fingerprint density at radius 1 is 0.741 bits per heavy atom. The van der Waals surface area contributed by atoms with Crippen LogP contribution in [0.5, 0.6) is 0 Å². The van der Waals surface area contributed by atoms with E-state index in [1.165, 1.54) is 44.1 Å². The normalized spacial score (nSPS) is 10.9. The number of carbonyl (C=O) groups excluding carboxylic acids is 1. The molecule has 27 heavy (non-hydrogen) atoms. The molecule has 0 aliphatic carbocycles. The molecule has 152 valence electrons. The maximum atomic E-state index is 12.3. The Hall–Kier alpha value is -1.64. The molecule has 1 aromatic carbocycles. The number of rotatable bonds is 17. The predicted octanol–water partition coefficient (Wildman–Crippen LogP) is 6.98. The molecule has 0 aliphatic heterocycles. The molecule has 3 heteroatoms. The number of carboxylic acid groups (broad SMARTS) is 1. The lowest BCUT2D eigenvalue weighted by atomic mass is 9.96. The van der Waals surface area contributed by atoms with Gasteiger partial charge in [-0.2, -0.15) is 0 Å². The number of carbonyl (C=O) groups is 2. The molecule has 0 amide bonds. The van der Waals surface area contributed by atoms with Crippen molar-refractivity contribution in [3.8, 4) is 0 Å². The van der Waals surface area contributed by atoms with Gasteiger partial charge >= 0.3 is 5.97 Å². The lowest BCUT2D eigenvalue weighted by molar-refractivity contribution is -0.137. The lowest BCUT2D eigenvalue weighted by Crippen LogP contribution is -2.03. The van der Waals surface area contributed by atoms with Crippen LogP contribution in [0.1, 0.15) is 113 Å². The number of hydrogen-bond donors (Lipinski definition) is 1. The van der Waals surface area contributed by atoms with Gasteiger partial charge in [-0.25, -0.2) is 0 Å². The van der Waals surface area contributed by atoms with Gasteiger partial charge in [0.1, 0.15) is 0 Å². The second-order valence-corrected chi connectivity index (χ2v) is 7.61. The van der Waals surface area contributed by atoms with Crippen LogP contribution in [0.3, 0.4) is 0 Å². The molecule has 0 atom stereocenters. The fourth-order valence-electron chi connectivity index (χ4n) is 3.49. The van der Waals surface area contributed by atoms with Gasteiger partial charge in [-0.15, -0.1) is 0 Å². The number of Topliss-reactive ketones (excluding diaryl/α,β-unsaturated/α-hetero) is 1. The van der Waals surface area contributed by atoms with Crippen molar-refractivity contribution in [3.63, 3.8) is 0 Å². The van der Waals surface area contributed by atoms with Crippen LogP contribution in [-0.4, -0.2) is 16.9 Å². The highest BCUT2D eigenvalue weighted by Crippen LogP contribution is 2.17. The highest BCUT2D eigenvalue weighted by Gasteiger charge is 2.09. The Bertz CT molecular complexity index is 536. The number of unbranched alkanes of at least 4 members (excludes halogenated alkanes) is 10. The molecule has 0 aromatic heterocycles. The topological polar surface area (TPSA) is 54.4 Å². The molecule has 0 saturated carbocycles. The summed E-state index contributed by atoms with van der Waals surface area (Å²) in [6.45, 7) is 2.12. The maximum Gasteiger partial charge on any atom is 0.303 e. The number of aryl methyl sites for hydroxylation is 1. The minimum absolute atomic E-state index is 0.302. The second kappa shape index (κ2) is 15.4. The van der Waals surface area contributed by atoms with Gasteiger partial charge in [0.25, 0.3) is 0 Å². The molecule has 0 saturated heterocycles. The molecule has 0 aliphatic rings. The van der Waals surface area contributed by atoms with Gasteiger partial charge in [-0.3, -0.25) is 9.59 Å². The van der Waals surface area contributed by atoms with Gasteiger partial charge in [-0.05, 0) is 31.2 Å². The van der Waals surface area contributed by atoms with E-state index in [-0.39, 0.29) is 0 Å². The van der Waals surface area contributed by atoms with E-state index in [1.54, 1.807) is 0 Å². The maximum absolute atomic E-state index is 12.3. The van der Waals surface area contributed by atoms with Crippen LogP contribution >= 0.6 is 0 Å². The molecular formula is C24H38O3. The van der Waals surface area contributed by atoms with E-state index in [0.717, 1.165) is 50.5 Å². The van der Waals surface area contributed by atoms with Crippen molar-refractivity contribution in [2.24, 2.45) is 0 Å². The molecule has 3 nitrogen and oxygen atoms in total. The van der Waals surface area contributed by atoms with E-state index >= 15 is 0 Å². The average Bonchev–Trinajstić information content (AvgIpc) is 2.67. The summed E-state index contributed by atoms with van der Waals surface area (Å²) in [6.07, 6.45) is 15.8. The number of hydrogen-bond acceptors (Lipinski definition) is 2. The van der Waals surface area contributed by atoms with Crippen LogP contribution in [0.4, 0.5) is 0 Å². The minimum Gasteiger partial charge on any atom is -0.481 e. The number of ketones is 1. The van der Waals surface area contributed by atoms with Crippen LogP contribution in [0.15, 0.2) is 24.3 Å². The molecular weight excluding hydrogens is 336 g/mol. The largest absolute Gasteiger partial charge is 0.481 e. The fraction of sp³-hybridized carbons (Fsp3) is 0.667. The number of aliphatic carboxylic acids is 1. The van der Waals surface area contributed by atoms with Gasteiger partial charge in [0.2, 0.25) is 0 Å². The SMILES string of the molecule is CCCCC(=O)c1ccccc1CCCCCCCCCCCCC(=O)O. The monoisotopic (exact) mass is 374 g/mol. The van der Waals surface area contributed by atoms with Crippen LogP contribution in [0, 0.1) is 0 Å². The van der Waals surface area contributed by atoms with E-state index < -0.39 is 5.97 Å². The van der Waals surface area contributed by atoms with Crippen molar-refractivity contribution < 1.29 is 14.7 Å². The zero-order valence-corrected chi connectivity index (χ0v) is 17.2. The summed E-state index contributed by atoms with van der Waals surface area (Å²) in [5.74, 6) is -0.376. The van der Waals surface area contributed by atoms with Crippen molar-refractivity contribution in [2.75, 3.05) is 0 Å². The Labute approximate surface area is 165 Å². The van der Waals surface area contributed by atoms with E-state index in [1.807, 2.05) is 18.2 Å². The molecule has 1 N–H and O–H groups in total. The summed E-state index contributed by atoms with van der Waals surface area (Å²) in [5.41, 5.74) is 2.16. The summed E-state index contributed by atoms with van der Waals surface area (Å²) in [4.78, 5) is 22.8. The highest BCUT2D eigenvalue weighted by atomic mass is 16.4. The van der Waals surface area contributed by atoms with E-state index in [2.05, 4.69) is 13.0 Å². The van der Waals surface area contributed by atoms with Crippen LogP contribution in [-0.2, 0) is 11.2 Å². The quantitative estimate of drug-likeness (QED) is 0.236. The first-order valence-electron chi connectivity index (χ1n) is 11.0. The van der Waals surface area contributed by atoms with Crippen molar-refractivity contribution in [1.82, 2.24) is 0 Å². The van der Waals surface area contributed by atoms with Gasteiger partial charge in [-0.1, -0.05) is 89.0 Å². The van der Waals surface area contributed by atoms with Gasteiger partial charge in [0.05, 0.1) is 0 Å². The molecule has 0 radical (unpaired) electrons. The van der Waals surface area contributed by atoms with E-state index in [9.17, 15) is 9.59 Å². The summed E-state index contributed by atoms with van der Waals surface area (Å²) in [5, 5.41) is 8.59. The van der Waals surface area contributed by atoms with Crippen molar-refractivity contribution in [2.45, 2.75) is 103 Å². The number of carboxylic acids is 1. The van der Waals surface area contributed by atoms with Gasteiger partial charge < -0.3 is 5.11 Å². The zero-order valence-electron chi connectivity index (χ0n) is 17.2. The lowest BCUT2D eigenvalue weighted by Gasteiger charge is -2.08. The Balaban J connectivity index is 2.07. The second-order valence-electron chi connectivity index (χ2n) is 7.61. The van der Waals surface area contributed by atoms with Crippen LogP contribution in [0.2, 0.25) is 0 Å².